The number of anilines is 1. The second-order valence-corrected chi connectivity index (χ2v) is 5.15. The Morgan fingerprint density at radius 3 is 2.60 bits per heavy atom. The number of nitrogens with one attached hydrogen (secondary N) is 2. The van der Waals surface area contributed by atoms with Gasteiger partial charge in [0.1, 0.15) is 0 Å². The molecule has 0 aromatic carbocycles. The van der Waals surface area contributed by atoms with Crippen LogP contribution in [0, 0.1) is 0 Å². The number of amides is 2. The molecule has 0 unspecified atom stereocenters. The molecule has 108 valence electrons. The summed E-state index contributed by atoms with van der Waals surface area (Å²) in [6.45, 7) is 2.85. The summed E-state index contributed by atoms with van der Waals surface area (Å²) < 4.78 is 5.28. The van der Waals surface area contributed by atoms with E-state index in [1.165, 1.54) is 0 Å². The van der Waals surface area contributed by atoms with E-state index in [9.17, 15) is 4.79 Å². The molecule has 1 aromatic rings. The summed E-state index contributed by atoms with van der Waals surface area (Å²) in [7, 11) is 0. The molecule has 0 saturated carbocycles. The molecule has 2 aliphatic heterocycles. The molecule has 2 fully saturated rings. The predicted octanol–water partition coefficient (Wildman–Crippen LogP) is 0.461. The van der Waals surface area contributed by atoms with Crippen molar-refractivity contribution < 1.29 is 9.53 Å². The number of carbonyl (C=O) groups excluding carboxylic acids is 1. The van der Waals surface area contributed by atoms with Crippen molar-refractivity contribution >= 4 is 12.0 Å². The van der Waals surface area contributed by atoms with Crippen molar-refractivity contribution in [3.8, 4) is 0 Å². The lowest BCUT2D eigenvalue weighted by atomic mass is 10.1. The van der Waals surface area contributed by atoms with Gasteiger partial charge in [-0.15, -0.1) is 0 Å². The van der Waals surface area contributed by atoms with E-state index in [0.29, 0.717) is 19.0 Å². The fourth-order valence-electron chi connectivity index (χ4n) is 2.40. The van der Waals surface area contributed by atoms with Gasteiger partial charge in [0.05, 0.1) is 6.04 Å². The first-order chi connectivity index (χ1) is 9.81. The molecule has 0 radical (unpaired) electrons. The Labute approximate surface area is 117 Å². The van der Waals surface area contributed by atoms with Gasteiger partial charge >= 0.3 is 6.03 Å². The molecule has 0 atom stereocenters. The van der Waals surface area contributed by atoms with Crippen LogP contribution in [-0.4, -0.2) is 59.3 Å². The summed E-state index contributed by atoms with van der Waals surface area (Å²) >= 11 is 0. The molecule has 2 N–H and O–H groups in total. The standard InChI is InChI=1S/C13H19N5O2/c19-13(17-10-2-6-20-7-3-10)18-8-11(9-18)16-12-14-4-1-5-15-12/h1,4-5,10-11H,2-3,6-9H2,(H,17,19)(H,14,15,16). The van der Waals surface area contributed by atoms with Gasteiger partial charge in [-0.3, -0.25) is 0 Å². The number of aromatic nitrogens is 2. The van der Waals surface area contributed by atoms with E-state index in [2.05, 4.69) is 20.6 Å². The summed E-state index contributed by atoms with van der Waals surface area (Å²) in [5.74, 6) is 0.613. The fraction of sp³-hybridized carbons (Fsp3) is 0.615. The van der Waals surface area contributed by atoms with Gasteiger partial charge in [-0.25, -0.2) is 14.8 Å². The largest absolute Gasteiger partial charge is 0.381 e. The van der Waals surface area contributed by atoms with Crippen LogP contribution in [-0.2, 0) is 4.74 Å². The summed E-state index contributed by atoms with van der Waals surface area (Å²) in [5, 5.41) is 6.26. The van der Waals surface area contributed by atoms with E-state index in [1.807, 2.05) is 0 Å². The first kappa shape index (κ1) is 13.1. The number of carbonyl (C=O) groups is 1. The first-order valence-electron chi connectivity index (χ1n) is 6.98. The Balaban J connectivity index is 1.40. The highest BCUT2D eigenvalue weighted by Gasteiger charge is 2.32. The molecule has 7 heteroatoms. The number of likely N-dealkylation sites (tertiary alicyclic amines) is 1. The van der Waals surface area contributed by atoms with Gasteiger partial charge < -0.3 is 20.3 Å². The van der Waals surface area contributed by atoms with Crippen molar-refractivity contribution in [3.63, 3.8) is 0 Å². The number of hydrogen-bond acceptors (Lipinski definition) is 5. The van der Waals surface area contributed by atoms with Gasteiger partial charge in [0.15, 0.2) is 0 Å². The van der Waals surface area contributed by atoms with E-state index in [0.717, 1.165) is 26.1 Å². The third-order valence-electron chi connectivity index (χ3n) is 3.62. The normalized spacial score (nSPS) is 20.3. The average Bonchev–Trinajstić information content (AvgIpc) is 2.44. The summed E-state index contributed by atoms with van der Waals surface area (Å²) in [6.07, 6.45) is 5.20. The monoisotopic (exact) mass is 277 g/mol. The van der Waals surface area contributed by atoms with Gasteiger partial charge in [0.2, 0.25) is 5.95 Å². The number of hydrogen-bond donors (Lipinski definition) is 2. The second-order valence-electron chi connectivity index (χ2n) is 5.15. The molecule has 0 spiro atoms. The Morgan fingerprint density at radius 1 is 1.20 bits per heavy atom. The molecule has 20 heavy (non-hydrogen) atoms. The van der Waals surface area contributed by atoms with Crippen molar-refractivity contribution in [2.75, 3.05) is 31.6 Å². The topological polar surface area (TPSA) is 79.4 Å². The Bertz CT molecular complexity index is 443. The van der Waals surface area contributed by atoms with Crippen LogP contribution < -0.4 is 10.6 Å². The van der Waals surface area contributed by atoms with Crippen molar-refractivity contribution in [1.82, 2.24) is 20.2 Å². The molecule has 1 aromatic heterocycles. The fourth-order valence-corrected chi connectivity index (χ4v) is 2.40. The molecule has 3 heterocycles. The molecular weight excluding hydrogens is 258 g/mol. The predicted molar refractivity (Wildman–Crippen MR) is 73.4 cm³/mol. The van der Waals surface area contributed by atoms with E-state index in [4.69, 9.17) is 4.74 Å². The maximum Gasteiger partial charge on any atom is 0.317 e. The van der Waals surface area contributed by atoms with Crippen LogP contribution in [0.5, 0.6) is 0 Å². The van der Waals surface area contributed by atoms with Gasteiger partial charge in [-0.05, 0) is 18.9 Å². The molecule has 0 aliphatic carbocycles. The Kier molecular flexibility index (Phi) is 3.96. The maximum absolute atomic E-state index is 12.0. The Hall–Kier alpha value is -1.89. The van der Waals surface area contributed by atoms with Crippen LogP contribution in [0.25, 0.3) is 0 Å². The average molecular weight is 277 g/mol. The minimum atomic E-state index is 0.0175. The molecule has 3 rings (SSSR count). The third kappa shape index (κ3) is 3.16. The number of ether oxygens (including phenoxy) is 1. The molecule has 2 amide bonds. The van der Waals surface area contributed by atoms with Crippen molar-refractivity contribution in [1.29, 1.82) is 0 Å². The lowest BCUT2D eigenvalue weighted by Crippen LogP contribution is -2.61. The van der Waals surface area contributed by atoms with Crippen molar-refractivity contribution in [3.05, 3.63) is 18.5 Å². The minimum Gasteiger partial charge on any atom is -0.381 e. The highest BCUT2D eigenvalue weighted by molar-refractivity contribution is 5.75. The molecule has 0 bridgehead atoms. The van der Waals surface area contributed by atoms with Crippen LogP contribution in [0.1, 0.15) is 12.8 Å². The van der Waals surface area contributed by atoms with E-state index in [1.54, 1.807) is 23.4 Å². The molecule has 2 saturated heterocycles. The lowest BCUT2D eigenvalue weighted by molar-refractivity contribution is 0.0759. The summed E-state index contributed by atoms with van der Waals surface area (Å²) in [6, 6.07) is 2.28. The van der Waals surface area contributed by atoms with Gasteiger partial charge in [-0.2, -0.15) is 0 Å². The highest BCUT2D eigenvalue weighted by atomic mass is 16.5. The number of nitrogens with zero attached hydrogens (tertiary/aromatic N) is 3. The number of urea groups is 1. The second kappa shape index (κ2) is 6.04. The Morgan fingerprint density at radius 2 is 1.90 bits per heavy atom. The maximum atomic E-state index is 12.0. The SMILES string of the molecule is O=C(NC1CCOCC1)N1CC(Nc2ncccn2)C1. The van der Waals surface area contributed by atoms with Crippen LogP contribution >= 0.6 is 0 Å². The quantitative estimate of drug-likeness (QED) is 0.839. The van der Waals surface area contributed by atoms with Gasteiger partial charge in [0.25, 0.3) is 0 Å². The van der Waals surface area contributed by atoms with Gasteiger partial charge in [0, 0.05) is 44.7 Å². The van der Waals surface area contributed by atoms with Crippen molar-refractivity contribution in [2.24, 2.45) is 0 Å². The van der Waals surface area contributed by atoms with Crippen LogP contribution in [0.3, 0.4) is 0 Å². The van der Waals surface area contributed by atoms with E-state index in [-0.39, 0.29) is 18.1 Å². The van der Waals surface area contributed by atoms with Crippen LogP contribution in [0.2, 0.25) is 0 Å². The summed E-state index contributed by atoms with van der Waals surface area (Å²) in [5.41, 5.74) is 0. The van der Waals surface area contributed by atoms with E-state index >= 15 is 0 Å². The first-order valence-corrected chi connectivity index (χ1v) is 6.98. The van der Waals surface area contributed by atoms with E-state index < -0.39 is 0 Å². The number of rotatable bonds is 3. The third-order valence-corrected chi connectivity index (χ3v) is 3.62. The minimum absolute atomic E-state index is 0.0175. The zero-order valence-corrected chi connectivity index (χ0v) is 11.3. The lowest BCUT2D eigenvalue weighted by Gasteiger charge is -2.40. The summed E-state index contributed by atoms with van der Waals surface area (Å²) in [4.78, 5) is 22.0. The molecule has 2 aliphatic rings. The molecule has 7 nitrogen and oxygen atoms in total. The van der Waals surface area contributed by atoms with Crippen LogP contribution in [0.4, 0.5) is 10.7 Å². The van der Waals surface area contributed by atoms with Gasteiger partial charge in [-0.1, -0.05) is 0 Å². The van der Waals surface area contributed by atoms with Crippen molar-refractivity contribution in [2.45, 2.75) is 24.9 Å². The zero-order valence-electron chi connectivity index (χ0n) is 11.3. The molecular formula is C13H19N5O2. The highest BCUT2D eigenvalue weighted by Crippen LogP contribution is 2.13. The smallest absolute Gasteiger partial charge is 0.317 e. The van der Waals surface area contributed by atoms with Crippen LogP contribution in [0.15, 0.2) is 18.5 Å². The zero-order chi connectivity index (χ0) is 13.8.